The van der Waals surface area contributed by atoms with Gasteiger partial charge in [0.1, 0.15) is 0 Å². The second-order valence-electron chi connectivity index (χ2n) is 4.94. The fourth-order valence-corrected chi connectivity index (χ4v) is 3.94. The molecule has 0 aliphatic carbocycles. The monoisotopic (exact) mass is 392 g/mol. The number of hydrogen-bond donors (Lipinski definition) is 2. The molecule has 0 radical (unpaired) electrons. The normalized spacial score (nSPS) is 17.4. The molecule has 9 heteroatoms. The lowest BCUT2D eigenvalue weighted by molar-refractivity contribution is 0.0605. The van der Waals surface area contributed by atoms with Gasteiger partial charge in [0.05, 0.1) is 17.4 Å². The van der Waals surface area contributed by atoms with Crippen molar-refractivity contribution in [3.05, 3.63) is 28.2 Å². The average molecular weight is 393 g/mol. The van der Waals surface area contributed by atoms with Crippen molar-refractivity contribution in [1.29, 1.82) is 0 Å². The number of benzene rings is 1. The van der Waals surface area contributed by atoms with Crippen LogP contribution < -0.4 is 4.72 Å². The maximum absolute atomic E-state index is 12.3. The summed E-state index contributed by atoms with van der Waals surface area (Å²) in [5.41, 5.74) is 0.216. The molecule has 1 aromatic carbocycles. The number of hydrogen-bond acceptors (Lipinski definition) is 4. The molecule has 7 nitrogen and oxygen atoms in total. The third-order valence-electron chi connectivity index (χ3n) is 3.52. The zero-order valence-electron chi connectivity index (χ0n) is 12.0. The minimum atomic E-state index is -3.70. The molecule has 0 bridgehead atoms. The molecule has 1 fully saturated rings. The second kappa shape index (κ2) is 6.95. The molecule has 2 N–H and O–H groups in total. The number of carboxylic acid groups (broad SMARTS) is 1. The van der Waals surface area contributed by atoms with Crippen molar-refractivity contribution in [2.24, 2.45) is 0 Å². The minimum absolute atomic E-state index is 0.00158. The highest BCUT2D eigenvalue weighted by Crippen LogP contribution is 2.23. The van der Waals surface area contributed by atoms with Crippen LogP contribution in [-0.4, -0.2) is 50.1 Å². The zero-order chi connectivity index (χ0) is 16.3. The average Bonchev–Trinajstić information content (AvgIpc) is 2.48. The number of piperidine rings is 1. The summed E-state index contributed by atoms with van der Waals surface area (Å²) in [6.07, 6.45) is 1.36. The van der Waals surface area contributed by atoms with Crippen molar-refractivity contribution in [3.63, 3.8) is 0 Å². The third-order valence-corrected chi connectivity index (χ3v) is 5.75. The minimum Gasteiger partial charge on any atom is -0.478 e. The summed E-state index contributed by atoms with van der Waals surface area (Å²) in [5.74, 6) is -1.13. The Morgan fingerprint density at radius 2 is 2.05 bits per heavy atom. The van der Waals surface area contributed by atoms with Gasteiger partial charge in [0.2, 0.25) is 0 Å². The van der Waals surface area contributed by atoms with Crippen molar-refractivity contribution >= 4 is 37.8 Å². The molecule has 1 aliphatic heterocycles. The quantitative estimate of drug-likeness (QED) is 0.797. The molecule has 1 aromatic rings. The first-order valence-corrected chi connectivity index (χ1v) is 8.90. The van der Waals surface area contributed by atoms with Crippen LogP contribution in [-0.2, 0) is 14.9 Å². The maximum Gasteiger partial charge on any atom is 0.336 e. The molecule has 22 heavy (non-hydrogen) atoms. The molecule has 0 spiro atoms. The summed E-state index contributed by atoms with van der Waals surface area (Å²) in [7, 11) is -2.09. The maximum atomic E-state index is 12.3. The lowest BCUT2D eigenvalue weighted by Gasteiger charge is -2.30. The molecule has 0 unspecified atom stereocenters. The van der Waals surface area contributed by atoms with Gasteiger partial charge in [-0.15, -0.1) is 0 Å². The number of nitrogens with one attached hydrogen (secondary N) is 1. The topological polar surface area (TPSA) is 95.9 Å². The Balaban J connectivity index is 2.12. The number of rotatable bonds is 5. The first kappa shape index (κ1) is 17.2. The van der Waals surface area contributed by atoms with E-state index in [1.54, 1.807) is 7.11 Å². The van der Waals surface area contributed by atoms with Gasteiger partial charge in [-0.05, 0) is 47.0 Å². The molecule has 0 atom stereocenters. The van der Waals surface area contributed by atoms with E-state index in [4.69, 9.17) is 9.84 Å². The first-order valence-electron chi connectivity index (χ1n) is 6.67. The van der Waals surface area contributed by atoms with Crippen molar-refractivity contribution < 1.29 is 23.1 Å². The number of anilines is 1. The SMILES string of the molecule is COC1CCN(S(=O)(=O)Nc2ccc(Br)c(C(=O)O)c2)CC1. The van der Waals surface area contributed by atoms with Gasteiger partial charge in [-0.25, -0.2) is 4.79 Å². The van der Waals surface area contributed by atoms with Crippen LogP contribution in [0.4, 0.5) is 5.69 Å². The van der Waals surface area contributed by atoms with Crippen molar-refractivity contribution in [3.8, 4) is 0 Å². The van der Waals surface area contributed by atoms with Crippen LogP contribution in [0.5, 0.6) is 0 Å². The van der Waals surface area contributed by atoms with Gasteiger partial charge < -0.3 is 9.84 Å². The first-order chi connectivity index (χ1) is 10.3. The van der Waals surface area contributed by atoms with Gasteiger partial charge >= 0.3 is 16.2 Å². The Morgan fingerprint density at radius 3 is 2.59 bits per heavy atom. The van der Waals surface area contributed by atoms with Gasteiger partial charge in [0, 0.05) is 24.7 Å². The van der Waals surface area contributed by atoms with Crippen LogP contribution in [0.15, 0.2) is 22.7 Å². The Labute approximate surface area is 137 Å². The zero-order valence-corrected chi connectivity index (χ0v) is 14.4. The van der Waals surface area contributed by atoms with E-state index < -0.39 is 16.2 Å². The Bertz CT molecular complexity index is 656. The highest BCUT2D eigenvalue weighted by molar-refractivity contribution is 9.10. The standard InChI is InChI=1S/C13H17BrN2O5S/c1-21-10-4-6-16(7-5-10)22(19,20)15-9-2-3-12(14)11(8-9)13(17)18/h2-3,8,10,15H,4-7H2,1H3,(H,17,18). The molecular weight excluding hydrogens is 376 g/mol. The van der Waals surface area contributed by atoms with Gasteiger partial charge in [-0.3, -0.25) is 4.72 Å². The number of carbonyl (C=O) groups is 1. The van der Waals surface area contributed by atoms with E-state index in [1.165, 1.54) is 22.5 Å². The van der Waals surface area contributed by atoms with Gasteiger partial charge in [0.25, 0.3) is 0 Å². The Hall–Kier alpha value is -1.16. The van der Waals surface area contributed by atoms with Crippen LogP contribution in [0.1, 0.15) is 23.2 Å². The molecule has 0 saturated carbocycles. The number of carboxylic acids is 1. The third kappa shape index (κ3) is 3.97. The van der Waals surface area contributed by atoms with Gasteiger partial charge in [-0.1, -0.05) is 0 Å². The number of ether oxygens (including phenoxy) is 1. The van der Waals surface area contributed by atoms with E-state index in [2.05, 4.69) is 20.7 Å². The molecule has 1 saturated heterocycles. The smallest absolute Gasteiger partial charge is 0.336 e. The molecule has 1 heterocycles. The fourth-order valence-electron chi connectivity index (χ4n) is 2.27. The lowest BCUT2D eigenvalue weighted by Crippen LogP contribution is -2.43. The van der Waals surface area contributed by atoms with Crippen molar-refractivity contribution in [2.75, 3.05) is 24.9 Å². The summed E-state index contributed by atoms with van der Waals surface area (Å²) in [6, 6.07) is 4.29. The molecular formula is C13H17BrN2O5S. The summed E-state index contributed by atoms with van der Waals surface area (Å²) < 4.78 is 34.0. The number of halogens is 1. The molecule has 1 aliphatic rings. The van der Waals surface area contributed by atoms with Crippen LogP contribution in [0.25, 0.3) is 0 Å². The Morgan fingerprint density at radius 1 is 1.41 bits per heavy atom. The predicted molar refractivity (Wildman–Crippen MR) is 85.2 cm³/mol. The van der Waals surface area contributed by atoms with E-state index >= 15 is 0 Å². The summed E-state index contributed by atoms with van der Waals surface area (Å²) in [6.45, 7) is 0.742. The van der Waals surface area contributed by atoms with Crippen LogP contribution in [0.3, 0.4) is 0 Å². The van der Waals surface area contributed by atoms with E-state index in [0.717, 1.165) is 0 Å². The van der Waals surface area contributed by atoms with E-state index in [-0.39, 0.29) is 17.4 Å². The van der Waals surface area contributed by atoms with Crippen LogP contribution in [0.2, 0.25) is 0 Å². The van der Waals surface area contributed by atoms with Crippen molar-refractivity contribution in [2.45, 2.75) is 18.9 Å². The molecule has 0 amide bonds. The van der Waals surface area contributed by atoms with E-state index in [0.29, 0.717) is 30.4 Å². The highest BCUT2D eigenvalue weighted by Gasteiger charge is 2.28. The second-order valence-corrected chi connectivity index (χ2v) is 7.47. The van der Waals surface area contributed by atoms with Gasteiger partial charge in [0.15, 0.2) is 0 Å². The summed E-state index contributed by atoms with van der Waals surface area (Å²) in [5, 5.41) is 9.06. The van der Waals surface area contributed by atoms with E-state index in [9.17, 15) is 13.2 Å². The molecule has 122 valence electrons. The largest absolute Gasteiger partial charge is 0.478 e. The van der Waals surface area contributed by atoms with Gasteiger partial charge in [-0.2, -0.15) is 12.7 Å². The predicted octanol–water partition coefficient (Wildman–Crippen LogP) is 1.91. The lowest BCUT2D eigenvalue weighted by atomic mass is 10.1. The number of nitrogens with zero attached hydrogens (tertiary/aromatic N) is 1. The number of methoxy groups -OCH3 is 1. The fraction of sp³-hybridized carbons (Fsp3) is 0.462. The van der Waals surface area contributed by atoms with Crippen molar-refractivity contribution in [1.82, 2.24) is 4.31 Å². The Kier molecular flexibility index (Phi) is 5.43. The molecule has 0 aromatic heterocycles. The highest BCUT2D eigenvalue weighted by atomic mass is 79.9. The van der Waals surface area contributed by atoms with E-state index in [1.807, 2.05) is 0 Å². The van der Waals surface area contributed by atoms with Crippen LogP contribution in [0, 0.1) is 0 Å². The van der Waals surface area contributed by atoms with Crippen LogP contribution >= 0.6 is 15.9 Å². The number of aromatic carboxylic acids is 1. The summed E-state index contributed by atoms with van der Waals surface area (Å²) >= 11 is 3.12. The summed E-state index contributed by atoms with van der Waals surface area (Å²) in [4.78, 5) is 11.1. The molecule has 2 rings (SSSR count).